The minimum Gasteiger partial charge on any atom is -0.448 e. The number of hydrogen-bond donors (Lipinski definition) is 1. The minimum atomic E-state index is -6.74. The van der Waals surface area contributed by atoms with Crippen molar-refractivity contribution in [2.45, 2.75) is 42.6 Å². The standard InChI is InChI=1S/C12H9F11O8S/c1-4(10(15,16)17)6(24)31-9(12(21,22)23,7(25)30-5(2)11(18,19)20)29-3-8(13,14)32(26,27)28/h5H,1,3H2,2H3,(H,26,27,28). The van der Waals surface area contributed by atoms with E-state index < -0.39 is 69.9 Å². The van der Waals surface area contributed by atoms with E-state index in [2.05, 4.69) is 14.2 Å². The summed E-state index contributed by atoms with van der Waals surface area (Å²) in [6.07, 6.45) is -21.7. The molecule has 0 saturated carbocycles. The highest BCUT2D eigenvalue weighted by molar-refractivity contribution is 7.86. The summed E-state index contributed by atoms with van der Waals surface area (Å²) in [5, 5.41) is -5.73. The van der Waals surface area contributed by atoms with Crippen molar-refractivity contribution in [3.05, 3.63) is 12.2 Å². The van der Waals surface area contributed by atoms with Crippen molar-refractivity contribution in [3.63, 3.8) is 0 Å². The Balaban J connectivity index is 6.54. The van der Waals surface area contributed by atoms with E-state index in [1.165, 1.54) is 0 Å². The van der Waals surface area contributed by atoms with E-state index in [-0.39, 0.29) is 6.92 Å². The summed E-state index contributed by atoms with van der Waals surface area (Å²) in [6.45, 7) is -1.42. The number of hydrogen-bond acceptors (Lipinski definition) is 7. The van der Waals surface area contributed by atoms with E-state index in [1.54, 1.807) is 0 Å². The molecule has 0 aliphatic heterocycles. The molecule has 0 heterocycles. The minimum absolute atomic E-state index is 0.123. The number of carbonyl (C=O) groups excluding carboxylic acids is 2. The van der Waals surface area contributed by atoms with Crippen LogP contribution in [0.15, 0.2) is 12.2 Å². The third kappa shape index (κ3) is 6.89. The molecule has 0 fully saturated rings. The monoisotopic (exact) mass is 522 g/mol. The van der Waals surface area contributed by atoms with Gasteiger partial charge in [-0.05, 0) is 6.92 Å². The van der Waals surface area contributed by atoms with Gasteiger partial charge in [-0.3, -0.25) is 4.55 Å². The maximum Gasteiger partial charge on any atom is 0.468 e. The molecule has 0 amide bonds. The van der Waals surface area contributed by atoms with Crippen LogP contribution in [-0.2, 0) is 33.9 Å². The highest BCUT2D eigenvalue weighted by atomic mass is 32.2. The van der Waals surface area contributed by atoms with Crippen LogP contribution in [0.25, 0.3) is 0 Å². The molecule has 0 rings (SSSR count). The number of alkyl halides is 11. The second-order valence-electron chi connectivity index (χ2n) is 5.47. The summed E-state index contributed by atoms with van der Waals surface area (Å²) in [5.74, 6) is -12.6. The Labute approximate surface area is 169 Å². The van der Waals surface area contributed by atoms with Crippen molar-refractivity contribution >= 4 is 22.1 Å². The van der Waals surface area contributed by atoms with Crippen molar-refractivity contribution < 1.29 is 85.1 Å². The molecule has 0 aromatic carbocycles. The molecule has 32 heavy (non-hydrogen) atoms. The van der Waals surface area contributed by atoms with Crippen molar-refractivity contribution in [1.82, 2.24) is 0 Å². The first-order chi connectivity index (χ1) is 13.8. The molecule has 188 valence electrons. The lowest BCUT2D eigenvalue weighted by Crippen LogP contribution is -2.60. The molecule has 2 atom stereocenters. The Morgan fingerprint density at radius 1 is 0.969 bits per heavy atom. The van der Waals surface area contributed by atoms with Crippen LogP contribution in [0.2, 0.25) is 0 Å². The molecule has 0 spiro atoms. The lowest BCUT2D eigenvalue weighted by atomic mass is 10.2. The maximum absolute atomic E-state index is 13.4. The topological polar surface area (TPSA) is 116 Å². The molecular weight excluding hydrogens is 513 g/mol. The van der Waals surface area contributed by atoms with Gasteiger partial charge in [-0.1, -0.05) is 6.58 Å². The van der Waals surface area contributed by atoms with Gasteiger partial charge in [0, 0.05) is 0 Å². The molecular formula is C12H9F11O8S. The van der Waals surface area contributed by atoms with E-state index in [9.17, 15) is 66.3 Å². The maximum atomic E-state index is 13.4. The zero-order valence-corrected chi connectivity index (χ0v) is 15.7. The first kappa shape index (κ1) is 29.8. The fourth-order valence-electron chi connectivity index (χ4n) is 1.26. The van der Waals surface area contributed by atoms with E-state index in [4.69, 9.17) is 4.55 Å². The van der Waals surface area contributed by atoms with Gasteiger partial charge in [0.05, 0.1) is 0 Å². The van der Waals surface area contributed by atoms with Gasteiger partial charge in [-0.15, -0.1) is 0 Å². The second-order valence-corrected chi connectivity index (χ2v) is 7.02. The third-order valence-corrected chi connectivity index (χ3v) is 3.91. The summed E-state index contributed by atoms with van der Waals surface area (Å²) in [6, 6.07) is 0. The van der Waals surface area contributed by atoms with Gasteiger partial charge < -0.3 is 14.2 Å². The van der Waals surface area contributed by atoms with Crippen LogP contribution in [-0.4, -0.2) is 67.2 Å². The van der Waals surface area contributed by atoms with Crippen LogP contribution in [0, 0.1) is 0 Å². The Morgan fingerprint density at radius 3 is 1.72 bits per heavy atom. The van der Waals surface area contributed by atoms with Gasteiger partial charge >= 0.3 is 51.6 Å². The highest BCUT2D eigenvalue weighted by Crippen LogP contribution is 2.40. The van der Waals surface area contributed by atoms with Gasteiger partial charge in [-0.25, -0.2) is 9.59 Å². The smallest absolute Gasteiger partial charge is 0.448 e. The first-order valence-electron chi connectivity index (χ1n) is 7.12. The number of rotatable bonds is 8. The molecule has 1 N–H and O–H groups in total. The molecule has 8 nitrogen and oxygen atoms in total. The zero-order valence-electron chi connectivity index (χ0n) is 14.9. The fourth-order valence-corrected chi connectivity index (χ4v) is 1.47. The van der Waals surface area contributed by atoms with Gasteiger partial charge in [0.2, 0.25) is 0 Å². The number of halogens is 11. The van der Waals surface area contributed by atoms with Crippen LogP contribution in [0.4, 0.5) is 48.3 Å². The molecule has 20 heteroatoms. The van der Waals surface area contributed by atoms with Gasteiger partial charge in [0.1, 0.15) is 12.2 Å². The van der Waals surface area contributed by atoms with Gasteiger partial charge in [0.15, 0.2) is 6.10 Å². The van der Waals surface area contributed by atoms with Crippen molar-refractivity contribution in [1.29, 1.82) is 0 Å². The normalized spacial score (nSPS) is 16.7. The lowest BCUT2D eigenvalue weighted by Gasteiger charge is -2.34. The predicted octanol–water partition coefficient (Wildman–Crippen LogP) is 2.90. The Bertz CT molecular complexity index is 842. The Hall–Kier alpha value is -2.22. The number of ether oxygens (including phenoxy) is 3. The lowest BCUT2D eigenvalue weighted by molar-refractivity contribution is -0.364. The fraction of sp³-hybridized carbons (Fsp3) is 0.667. The van der Waals surface area contributed by atoms with Crippen LogP contribution < -0.4 is 0 Å². The quantitative estimate of drug-likeness (QED) is 0.170. The molecule has 0 radical (unpaired) electrons. The average Bonchev–Trinajstić information content (AvgIpc) is 2.53. The Morgan fingerprint density at radius 2 is 1.41 bits per heavy atom. The first-order valence-corrected chi connectivity index (χ1v) is 8.56. The Kier molecular flexibility index (Phi) is 8.34. The number of carbonyl (C=O) groups is 2. The summed E-state index contributed by atoms with van der Waals surface area (Å²) in [5.41, 5.74) is -2.81. The molecule has 0 aliphatic rings. The van der Waals surface area contributed by atoms with Crippen LogP contribution in [0.1, 0.15) is 6.92 Å². The summed E-state index contributed by atoms with van der Waals surface area (Å²) >= 11 is 0. The predicted molar refractivity (Wildman–Crippen MR) is 74.1 cm³/mol. The second kappa shape index (κ2) is 8.96. The van der Waals surface area contributed by atoms with E-state index in [0.717, 1.165) is 0 Å². The summed E-state index contributed by atoms with van der Waals surface area (Å²) in [4.78, 5) is 23.1. The molecule has 0 aromatic heterocycles. The molecule has 0 aliphatic carbocycles. The van der Waals surface area contributed by atoms with Crippen molar-refractivity contribution in [2.75, 3.05) is 6.61 Å². The van der Waals surface area contributed by atoms with Crippen LogP contribution in [0.3, 0.4) is 0 Å². The molecule has 0 saturated heterocycles. The SMILES string of the molecule is C=C(C(=O)OC(OCC(F)(F)S(=O)(=O)O)(C(=O)OC(C)C(F)(F)F)C(F)(F)F)C(F)(F)F. The summed E-state index contributed by atoms with van der Waals surface area (Å²) in [7, 11) is -6.61. The highest BCUT2D eigenvalue weighted by Gasteiger charge is 2.70. The molecule has 0 aromatic rings. The molecule has 2 unspecified atom stereocenters. The van der Waals surface area contributed by atoms with Gasteiger partial charge in [-0.2, -0.15) is 56.7 Å². The zero-order chi connectivity index (χ0) is 26.1. The van der Waals surface area contributed by atoms with Crippen LogP contribution in [0.5, 0.6) is 0 Å². The van der Waals surface area contributed by atoms with Crippen molar-refractivity contribution in [3.8, 4) is 0 Å². The van der Waals surface area contributed by atoms with E-state index >= 15 is 0 Å². The molecule has 0 bridgehead atoms. The average molecular weight is 522 g/mol. The summed E-state index contributed by atoms with van der Waals surface area (Å²) < 4.78 is 180. The largest absolute Gasteiger partial charge is 0.468 e. The third-order valence-electron chi connectivity index (χ3n) is 3.03. The van der Waals surface area contributed by atoms with E-state index in [0.29, 0.717) is 0 Å². The van der Waals surface area contributed by atoms with Crippen molar-refractivity contribution in [2.24, 2.45) is 0 Å². The van der Waals surface area contributed by atoms with E-state index in [1.807, 2.05) is 6.58 Å². The van der Waals surface area contributed by atoms with Gasteiger partial charge in [0.25, 0.3) is 0 Å². The number of esters is 2. The van der Waals surface area contributed by atoms with Crippen LogP contribution >= 0.6 is 0 Å².